The first-order valence-corrected chi connectivity index (χ1v) is 7.93. The van der Waals surface area contributed by atoms with Crippen LogP contribution in [0.15, 0.2) is 18.2 Å². The van der Waals surface area contributed by atoms with Crippen LogP contribution in [0, 0.1) is 0 Å². The number of hydrogen-bond acceptors (Lipinski definition) is 4. The molecule has 1 aromatic carbocycles. The summed E-state index contributed by atoms with van der Waals surface area (Å²) in [7, 11) is 3.89. The average molecular weight is 290 g/mol. The summed E-state index contributed by atoms with van der Waals surface area (Å²) < 4.78 is 5.17. The van der Waals surface area contributed by atoms with Crippen molar-refractivity contribution in [1.29, 1.82) is 0 Å². The number of fused-ring (bicyclic) bond motifs is 2. The summed E-state index contributed by atoms with van der Waals surface area (Å²) in [4.78, 5) is 5.07. The van der Waals surface area contributed by atoms with E-state index in [1.165, 1.54) is 19.3 Å². The van der Waals surface area contributed by atoms with Crippen molar-refractivity contribution in [2.75, 3.05) is 27.2 Å². The van der Waals surface area contributed by atoms with Gasteiger partial charge in [0, 0.05) is 42.8 Å². The minimum absolute atomic E-state index is 0.239. The van der Waals surface area contributed by atoms with E-state index < -0.39 is 0 Å². The largest absolute Gasteiger partial charge is 0.507 e. The van der Waals surface area contributed by atoms with Gasteiger partial charge in [0.25, 0.3) is 0 Å². The molecule has 0 aliphatic carbocycles. The monoisotopic (exact) mass is 290 g/mol. The summed E-state index contributed by atoms with van der Waals surface area (Å²) in [6.45, 7) is 4.40. The molecule has 4 heteroatoms. The van der Waals surface area contributed by atoms with Gasteiger partial charge in [-0.15, -0.1) is 0 Å². The molecule has 0 amide bonds. The highest BCUT2D eigenvalue weighted by atomic mass is 16.5. The Bertz CT molecular complexity index is 506. The fourth-order valence-corrected chi connectivity index (χ4v) is 3.89. The van der Waals surface area contributed by atoms with Crippen molar-refractivity contribution in [3.8, 4) is 11.5 Å². The van der Waals surface area contributed by atoms with Crippen LogP contribution >= 0.6 is 0 Å². The van der Waals surface area contributed by atoms with E-state index in [-0.39, 0.29) is 6.04 Å². The smallest absolute Gasteiger partial charge is 0.124 e. The number of phenols is 1. The van der Waals surface area contributed by atoms with Crippen molar-refractivity contribution in [3.05, 3.63) is 23.8 Å². The quantitative estimate of drug-likeness (QED) is 0.928. The molecule has 4 nitrogen and oxygen atoms in total. The molecule has 0 spiro atoms. The normalized spacial score (nSPS) is 28.3. The number of hydrogen-bond donors (Lipinski definition) is 1. The summed E-state index contributed by atoms with van der Waals surface area (Å²) in [5.41, 5.74) is 0.997. The summed E-state index contributed by atoms with van der Waals surface area (Å²) in [5, 5.41) is 10.3. The number of aromatic hydroxyl groups is 1. The number of likely N-dealkylation sites (N-methyl/N-ethyl adjacent to an activating group) is 1. The van der Waals surface area contributed by atoms with Crippen LogP contribution in [0.3, 0.4) is 0 Å². The van der Waals surface area contributed by atoms with Crippen LogP contribution in [-0.4, -0.2) is 54.2 Å². The van der Waals surface area contributed by atoms with Crippen molar-refractivity contribution in [2.45, 2.75) is 44.3 Å². The van der Waals surface area contributed by atoms with Gasteiger partial charge in [-0.25, -0.2) is 0 Å². The van der Waals surface area contributed by atoms with Gasteiger partial charge in [-0.3, -0.25) is 9.80 Å². The zero-order chi connectivity index (χ0) is 15.0. The average Bonchev–Trinajstić information content (AvgIpc) is 2.71. The van der Waals surface area contributed by atoms with E-state index in [0.717, 1.165) is 24.7 Å². The molecule has 1 aromatic rings. The molecule has 3 atom stereocenters. The standard InChI is InChI=1S/C17H26N2O2/c1-12(16-7-6-15(21-3)10-17(16)20)19-9-8-13-4-5-14(11-19)18(13)2/h6-7,10,12-14,20H,4-5,8-9,11H2,1-3H3. The second-order valence-corrected chi connectivity index (χ2v) is 6.43. The number of rotatable bonds is 3. The summed E-state index contributed by atoms with van der Waals surface area (Å²) >= 11 is 0. The Kier molecular flexibility index (Phi) is 4.09. The molecule has 2 fully saturated rings. The minimum Gasteiger partial charge on any atom is -0.507 e. The van der Waals surface area contributed by atoms with E-state index in [2.05, 4.69) is 23.8 Å². The number of ether oxygens (including phenoxy) is 1. The number of methoxy groups -OCH3 is 1. The highest BCUT2D eigenvalue weighted by Crippen LogP contribution is 2.35. The number of phenolic OH excluding ortho intramolecular Hbond substituents is 1. The van der Waals surface area contributed by atoms with Crippen LogP contribution < -0.4 is 4.74 Å². The van der Waals surface area contributed by atoms with Crippen LogP contribution in [0.25, 0.3) is 0 Å². The lowest BCUT2D eigenvalue weighted by Crippen LogP contribution is -2.37. The molecular formula is C17H26N2O2. The van der Waals surface area contributed by atoms with E-state index in [4.69, 9.17) is 4.74 Å². The van der Waals surface area contributed by atoms with Gasteiger partial charge in [-0.1, -0.05) is 6.07 Å². The number of nitrogens with zero attached hydrogens (tertiary/aromatic N) is 2. The Morgan fingerprint density at radius 3 is 2.71 bits per heavy atom. The molecule has 2 aliphatic heterocycles. The highest BCUT2D eigenvalue weighted by molar-refractivity contribution is 5.41. The predicted molar refractivity (Wildman–Crippen MR) is 83.8 cm³/mol. The van der Waals surface area contributed by atoms with Gasteiger partial charge in [0.1, 0.15) is 11.5 Å². The molecule has 0 aromatic heterocycles. The first kappa shape index (κ1) is 14.7. The molecule has 0 radical (unpaired) electrons. The van der Waals surface area contributed by atoms with E-state index >= 15 is 0 Å². The SMILES string of the molecule is COc1ccc(C(C)N2CCC3CCC(C2)N3C)c(O)c1. The van der Waals surface area contributed by atoms with Gasteiger partial charge in [0.05, 0.1) is 7.11 Å². The maximum absolute atomic E-state index is 10.3. The van der Waals surface area contributed by atoms with Gasteiger partial charge in [-0.05, 0) is 39.3 Å². The Balaban J connectivity index is 1.77. The highest BCUT2D eigenvalue weighted by Gasteiger charge is 2.36. The molecule has 3 rings (SSSR count). The third kappa shape index (κ3) is 2.74. The lowest BCUT2D eigenvalue weighted by Gasteiger charge is -2.31. The summed E-state index contributed by atoms with van der Waals surface area (Å²) in [6.07, 6.45) is 3.88. The van der Waals surface area contributed by atoms with Crippen LogP contribution in [0.2, 0.25) is 0 Å². The Morgan fingerprint density at radius 1 is 1.24 bits per heavy atom. The van der Waals surface area contributed by atoms with E-state index in [1.807, 2.05) is 12.1 Å². The van der Waals surface area contributed by atoms with Crippen LogP contribution in [0.4, 0.5) is 0 Å². The fraction of sp³-hybridized carbons (Fsp3) is 0.647. The first-order chi connectivity index (χ1) is 10.1. The van der Waals surface area contributed by atoms with Crippen molar-refractivity contribution >= 4 is 0 Å². The van der Waals surface area contributed by atoms with Crippen molar-refractivity contribution in [1.82, 2.24) is 9.80 Å². The Hall–Kier alpha value is -1.26. The number of likely N-dealkylation sites (tertiary alicyclic amines) is 1. The molecule has 2 saturated heterocycles. The predicted octanol–water partition coefficient (Wildman–Crippen LogP) is 2.63. The molecule has 2 heterocycles. The Labute approximate surface area is 127 Å². The maximum atomic E-state index is 10.3. The van der Waals surface area contributed by atoms with Crippen LogP contribution in [-0.2, 0) is 0 Å². The van der Waals surface area contributed by atoms with E-state index in [1.54, 1.807) is 13.2 Å². The summed E-state index contributed by atoms with van der Waals surface area (Å²) in [5.74, 6) is 1.04. The third-order valence-corrected chi connectivity index (χ3v) is 5.42. The minimum atomic E-state index is 0.239. The fourth-order valence-electron chi connectivity index (χ4n) is 3.89. The molecule has 116 valence electrons. The summed E-state index contributed by atoms with van der Waals surface area (Å²) in [6, 6.07) is 7.29. The lowest BCUT2D eigenvalue weighted by atomic mass is 10.0. The van der Waals surface area contributed by atoms with Gasteiger partial charge in [0.15, 0.2) is 0 Å². The first-order valence-electron chi connectivity index (χ1n) is 7.93. The molecule has 2 aliphatic rings. The topological polar surface area (TPSA) is 35.9 Å². The zero-order valence-electron chi connectivity index (χ0n) is 13.2. The molecule has 1 N–H and O–H groups in total. The molecule has 21 heavy (non-hydrogen) atoms. The molecular weight excluding hydrogens is 264 g/mol. The number of benzene rings is 1. The molecule has 0 saturated carbocycles. The van der Waals surface area contributed by atoms with Crippen molar-refractivity contribution in [2.24, 2.45) is 0 Å². The third-order valence-electron chi connectivity index (χ3n) is 5.42. The molecule has 3 unspecified atom stereocenters. The van der Waals surface area contributed by atoms with Gasteiger partial charge in [0.2, 0.25) is 0 Å². The Morgan fingerprint density at radius 2 is 2.00 bits per heavy atom. The zero-order valence-corrected chi connectivity index (χ0v) is 13.2. The van der Waals surface area contributed by atoms with Crippen LogP contribution in [0.1, 0.15) is 37.8 Å². The van der Waals surface area contributed by atoms with E-state index in [0.29, 0.717) is 17.5 Å². The maximum Gasteiger partial charge on any atom is 0.124 e. The van der Waals surface area contributed by atoms with Gasteiger partial charge in [-0.2, -0.15) is 0 Å². The van der Waals surface area contributed by atoms with Crippen LogP contribution in [0.5, 0.6) is 11.5 Å². The van der Waals surface area contributed by atoms with Crippen molar-refractivity contribution in [3.63, 3.8) is 0 Å². The molecule has 2 bridgehead atoms. The lowest BCUT2D eigenvalue weighted by molar-refractivity contribution is 0.179. The van der Waals surface area contributed by atoms with E-state index in [9.17, 15) is 5.11 Å². The van der Waals surface area contributed by atoms with Crippen molar-refractivity contribution < 1.29 is 9.84 Å². The van der Waals surface area contributed by atoms with Gasteiger partial charge >= 0.3 is 0 Å². The van der Waals surface area contributed by atoms with Gasteiger partial charge < -0.3 is 9.84 Å². The second kappa shape index (κ2) is 5.85. The second-order valence-electron chi connectivity index (χ2n) is 6.43.